The number of hydrogen-bond acceptors (Lipinski definition) is 2. The van der Waals surface area contributed by atoms with Gasteiger partial charge < -0.3 is 20.4 Å². The van der Waals surface area contributed by atoms with Crippen molar-refractivity contribution in [3.8, 4) is 0 Å². The molecule has 0 radical (unpaired) electrons. The Balaban J connectivity index is 1.58. The van der Waals surface area contributed by atoms with Crippen LogP contribution in [0.1, 0.15) is 37.9 Å². The largest absolute Gasteiger partial charge is 0.349 e. The van der Waals surface area contributed by atoms with Crippen LogP contribution in [-0.4, -0.2) is 56.6 Å². The summed E-state index contributed by atoms with van der Waals surface area (Å²) in [5.74, 6) is 0.168. The highest BCUT2D eigenvalue weighted by Crippen LogP contribution is 2.21. The molecule has 1 aliphatic rings. The molecule has 1 fully saturated rings. The number of rotatable bonds is 8. The molecule has 0 unspecified atom stereocenters. The van der Waals surface area contributed by atoms with E-state index in [1.54, 1.807) is 0 Å². The molecule has 1 aliphatic heterocycles. The first-order chi connectivity index (χ1) is 14.9. The van der Waals surface area contributed by atoms with Crippen LogP contribution in [-0.2, 0) is 9.59 Å². The molecule has 166 valence electrons. The molecule has 6 heteroatoms. The number of carbonyl (C=O) groups is 2. The normalized spacial score (nSPS) is 19.8. The monoisotopic (exact) mass is 424 g/mol. The van der Waals surface area contributed by atoms with E-state index in [0.29, 0.717) is 6.54 Å². The van der Waals surface area contributed by atoms with Gasteiger partial charge in [0.15, 0.2) is 12.6 Å². The van der Waals surface area contributed by atoms with Gasteiger partial charge in [-0.2, -0.15) is 0 Å². The first kappa shape index (κ1) is 23.0. The van der Waals surface area contributed by atoms with E-state index in [1.165, 1.54) is 9.80 Å². The molecule has 3 rings (SSSR count). The minimum Gasteiger partial charge on any atom is -0.349 e. The summed E-state index contributed by atoms with van der Waals surface area (Å²) in [6.45, 7) is 10.1. The number of piperazine rings is 1. The number of amides is 2. The van der Waals surface area contributed by atoms with E-state index < -0.39 is 0 Å². The Labute approximate surface area is 185 Å². The zero-order valence-electron chi connectivity index (χ0n) is 18.9. The van der Waals surface area contributed by atoms with Crippen LogP contribution in [0.5, 0.6) is 0 Å². The SMILES string of the molecule is CC(C)NC(=O)C[NH+]1CC[NH+]([C@H](C)C(=O)NC(c2ccccc2)c2ccccc2)CC1. The first-order valence-electron chi connectivity index (χ1n) is 11.3. The summed E-state index contributed by atoms with van der Waals surface area (Å²) in [6, 6.07) is 20.1. The van der Waals surface area contributed by atoms with Crippen LogP contribution in [0.3, 0.4) is 0 Å². The average molecular weight is 425 g/mol. The Kier molecular flexibility index (Phi) is 8.20. The summed E-state index contributed by atoms with van der Waals surface area (Å²) >= 11 is 0. The van der Waals surface area contributed by atoms with Crippen LogP contribution in [0.25, 0.3) is 0 Å². The van der Waals surface area contributed by atoms with Crippen LogP contribution in [0.15, 0.2) is 60.7 Å². The maximum Gasteiger partial charge on any atom is 0.278 e. The lowest BCUT2D eigenvalue weighted by molar-refractivity contribution is -1.01. The molecule has 0 spiro atoms. The molecule has 6 nitrogen and oxygen atoms in total. The van der Waals surface area contributed by atoms with Gasteiger partial charge in [-0.15, -0.1) is 0 Å². The van der Waals surface area contributed by atoms with Crippen LogP contribution in [0.2, 0.25) is 0 Å². The third-order valence-corrected chi connectivity index (χ3v) is 6.02. The molecular weight excluding hydrogens is 388 g/mol. The van der Waals surface area contributed by atoms with Gasteiger partial charge in [0.2, 0.25) is 0 Å². The fourth-order valence-electron chi connectivity index (χ4n) is 4.24. The summed E-state index contributed by atoms with van der Waals surface area (Å²) in [7, 11) is 0. The van der Waals surface area contributed by atoms with Gasteiger partial charge in [-0.1, -0.05) is 60.7 Å². The van der Waals surface area contributed by atoms with E-state index in [2.05, 4.69) is 34.9 Å². The smallest absolute Gasteiger partial charge is 0.278 e. The van der Waals surface area contributed by atoms with Crippen molar-refractivity contribution in [2.24, 2.45) is 0 Å². The predicted molar refractivity (Wildman–Crippen MR) is 122 cm³/mol. The van der Waals surface area contributed by atoms with Crippen molar-refractivity contribution in [3.05, 3.63) is 71.8 Å². The highest BCUT2D eigenvalue weighted by molar-refractivity contribution is 5.81. The molecule has 4 N–H and O–H groups in total. The number of benzene rings is 2. The fraction of sp³-hybridized carbons (Fsp3) is 0.440. The topological polar surface area (TPSA) is 67.1 Å². The van der Waals surface area contributed by atoms with Crippen molar-refractivity contribution in [2.45, 2.75) is 38.9 Å². The lowest BCUT2D eigenvalue weighted by Crippen LogP contribution is -3.30. The van der Waals surface area contributed by atoms with E-state index >= 15 is 0 Å². The maximum atomic E-state index is 13.2. The van der Waals surface area contributed by atoms with Gasteiger partial charge in [-0.05, 0) is 31.9 Å². The highest BCUT2D eigenvalue weighted by Gasteiger charge is 2.33. The second-order valence-electron chi connectivity index (χ2n) is 8.79. The average Bonchev–Trinajstić information content (AvgIpc) is 2.78. The van der Waals surface area contributed by atoms with Crippen molar-refractivity contribution in [3.63, 3.8) is 0 Å². The van der Waals surface area contributed by atoms with Gasteiger partial charge in [0.1, 0.15) is 26.2 Å². The van der Waals surface area contributed by atoms with Crippen molar-refractivity contribution >= 4 is 11.8 Å². The highest BCUT2D eigenvalue weighted by atomic mass is 16.2. The molecule has 2 amide bonds. The molecule has 1 atom stereocenters. The van der Waals surface area contributed by atoms with E-state index in [4.69, 9.17) is 0 Å². The Bertz CT molecular complexity index is 794. The molecule has 1 saturated heterocycles. The summed E-state index contributed by atoms with van der Waals surface area (Å²) in [5.41, 5.74) is 2.16. The third kappa shape index (κ3) is 6.64. The predicted octanol–water partition coefficient (Wildman–Crippen LogP) is -0.411. The van der Waals surface area contributed by atoms with E-state index in [-0.39, 0.29) is 29.9 Å². The van der Waals surface area contributed by atoms with Crippen LogP contribution in [0, 0.1) is 0 Å². The lowest BCUT2D eigenvalue weighted by atomic mass is 9.98. The summed E-state index contributed by atoms with van der Waals surface area (Å²) in [6.07, 6.45) is 0. The summed E-state index contributed by atoms with van der Waals surface area (Å²) in [4.78, 5) is 27.8. The number of hydrogen-bond donors (Lipinski definition) is 4. The molecule has 0 saturated carbocycles. The van der Waals surface area contributed by atoms with Crippen LogP contribution >= 0.6 is 0 Å². The minimum atomic E-state index is -0.164. The molecule has 0 bridgehead atoms. The Morgan fingerprint density at radius 1 is 0.806 bits per heavy atom. The molecule has 1 heterocycles. The maximum absolute atomic E-state index is 13.2. The van der Waals surface area contributed by atoms with E-state index in [1.807, 2.05) is 57.2 Å². The lowest BCUT2D eigenvalue weighted by Gasteiger charge is -2.33. The Morgan fingerprint density at radius 2 is 1.32 bits per heavy atom. The van der Waals surface area contributed by atoms with Gasteiger partial charge in [-0.25, -0.2) is 0 Å². The minimum absolute atomic E-state index is 0.0636. The number of quaternary nitrogens is 2. The Hall–Kier alpha value is -2.70. The van der Waals surface area contributed by atoms with Crippen LogP contribution < -0.4 is 20.4 Å². The quantitative estimate of drug-likeness (QED) is 0.466. The molecule has 0 aliphatic carbocycles. The molecular formula is C25H36N4O2+2. The molecule has 0 aromatic heterocycles. The zero-order chi connectivity index (χ0) is 22.2. The Morgan fingerprint density at radius 3 is 1.81 bits per heavy atom. The van der Waals surface area contributed by atoms with Gasteiger partial charge >= 0.3 is 0 Å². The fourth-order valence-corrected chi connectivity index (χ4v) is 4.24. The van der Waals surface area contributed by atoms with Crippen molar-refractivity contribution < 1.29 is 19.4 Å². The van der Waals surface area contributed by atoms with Crippen molar-refractivity contribution in [1.29, 1.82) is 0 Å². The van der Waals surface area contributed by atoms with Gasteiger partial charge in [0.05, 0.1) is 6.04 Å². The zero-order valence-corrected chi connectivity index (χ0v) is 18.9. The molecule has 2 aromatic rings. The third-order valence-electron chi connectivity index (χ3n) is 6.02. The molecule has 2 aromatic carbocycles. The standard InChI is InChI=1S/C25H34N4O2/c1-19(2)26-23(30)18-28-14-16-29(17-15-28)20(3)25(31)27-24(21-10-6-4-7-11-21)22-12-8-5-9-13-22/h4-13,19-20,24H,14-18H2,1-3H3,(H,26,30)(H,27,31)/p+2/t20-/m1/s1. The van der Waals surface area contributed by atoms with Crippen LogP contribution in [0.4, 0.5) is 0 Å². The van der Waals surface area contributed by atoms with Gasteiger partial charge in [0.25, 0.3) is 11.8 Å². The van der Waals surface area contributed by atoms with E-state index in [0.717, 1.165) is 37.3 Å². The van der Waals surface area contributed by atoms with Crippen molar-refractivity contribution in [1.82, 2.24) is 10.6 Å². The van der Waals surface area contributed by atoms with Crippen molar-refractivity contribution in [2.75, 3.05) is 32.7 Å². The van der Waals surface area contributed by atoms with Gasteiger partial charge in [-0.3, -0.25) is 9.59 Å². The second kappa shape index (κ2) is 11.1. The van der Waals surface area contributed by atoms with Gasteiger partial charge in [0, 0.05) is 6.04 Å². The second-order valence-corrected chi connectivity index (χ2v) is 8.79. The van der Waals surface area contributed by atoms with E-state index in [9.17, 15) is 9.59 Å². The molecule has 31 heavy (non-hydrogen) atoms. The summed E-state index contributed by atoms with van der Waals surface area (Å²) in [5, 5.41) is 6.25. The summed E-state index contributed by atoms with van der Waals surface area (Å²) < 4.78 is 0. The number of nitrogens with one attached hydrogen (secondary N) is 4. The number of carbonyl (C=O) groups excluding carboxylic acids is 2. The first-order valence-corrected chi connectivity index (χ1v) is 11.3.